The fourth-order valence-electron chi connectivity index (χ4n) is 3.90. The van der Waals surface area contributed by atoms with Crippen LogP contribution >= 0.6 is 11.6 Å². The number of rotatable bonds is 4. The highest BCUT2D eigenvalue weighted by Gasteiger charge is 2.39. The van der Waals surface area contributed by atoms with E-state index in [0.717, 1.165) is 11.6 Å². The minimum Gasteiger partial charge on any atom is -0.352 e. The van der Waals surface area contributed by atoms with E-state index < -0.39 is 17.2 Å². The summed E-state index contributed by atoms with van der Waals surface area (Å²) in [6.45, 7) is -0.178. The van der Waals surface area contributed by atoms with Crippen LogP contribution in [-0.4, -0.2) is 5.91 Å². The van der Waals surface area contributed by atoms with Crippen molar-refractivity contribution in [2.75, 3.05) is 0 Å². The Labute approximate surface area is 172 Å². The first-order chi connectivity index (χ1) is 13.7. The van der Waals surface area contributed by atoms with Crippen LogP contribution in [0.3, 0.4) is 0 Å². The Balaban J connectivity index is 1.63. The molecule has 0 saturated heterocycles. The lowest BCUT2D eigenvalue weighted by molar-refractivity contribution is -0.138. The van der Waals surface area contributed by atoms with Gasteiger partial charge in [-0.05, 0) is 55.0 Å². The van der Waals surface area contributed by atoms with E-state index >= 15 is 0 Å². The molecule has 3 rings (SSSR count). The van der Waals surface area contributed by atoms with Crippen LogP contribution < -0.4 is 5.32 Å². The fourth-order valence-corrected chi connectivity index (χ4v) is 4.09. The average Bonchev–Trinajstić information content (AvgIpc) is 2.71. The van der Waals surface area contributed by atoms with Crippen molar-refractivity contribution in [3.8, 4) is 6.07 Å². The molecule has 3 nitrogen and oxygen atoms in total. The average molecular weight is 421 g/mol. The molecular formula is C22H20ClF3N2O. The zero-order valence-electron chi connectivity index (χ0n) is 15.6. The number of nitrogens with one attached hydrogen (secondary N) is 1. The van der Waals surface area contributed by atoms with Crippen molar-refractivity contribution >= 4 is 17.5 Å². The summed E-state index contributed by atoms with van der Waals surface area (Å²) in [7, 11) is 0. The molecule has 0 bridgehead atoms. The summed E-state index contributed by atoms with van der Waals surface area (Å²) in [5.41, 5.74) is -0.557. The van der Waals surface area contributed by atoms with Gasteiger partial charge in [0.25, 0.3) is 0 Å². The van der Waals surface area contributed by atoms with Gasteiger partial charge in [0.15, 0.2) is 0 Å². The summed E-state index contributed by atoms with van der Waals surface area (Å²) in [6.07, 6.45) is -2.47. The molecule has 0 radical (unpaired) electrons. The summed E-state index contributed by atoms with van der Waals surface area (Å²) in [5, 5.41) is 13.0. The van der Waals surface area contributed by atoms with Gasteiger partial charge in [0.1, 0.15) is 0 Å². The number of carbonyl (C=O) groups is 1. The zero-order chi connectivity index (χ0) is 21.1. The standard InChI is InChI=1S/C22H20ClF3N2O/c23-18-6-3-5-17(12-18)21(14-27)10-8-15(9-11-21)20(29)28-13-16-4-1-2-7-19(16)22(24,25)26/h1-7,12,15H,8-11,13H2,(H,28,29). The number of benzene rings is 2. The normalized spacial score (nSPS) is 22.0. The highest BCUT2D eigenvalue weighted by Crippen LogP contribution is 2.42. The first-order valence-electron chi connectivity index (χ1n) is 9.35. The maximum absolute atomic E-state index is 13.1. The van der Waals surface area contributed by atoms with Crippen molar-refractivity contribution < 1.29 is 18.0 Å². The summed E-state index contributed by atoms with van der Waals surface area (Å²) in [4.78, 5) is 12.5. The predicted octanol–water partition coefficient (Wildman–Crippen LogP) is 5.63. The molecule has 0 spiro atoms. The van der Waals surface area contributed by atoms with E-state index in [1.54, 1.807) is 18.2 Å². The molecule has 2 aromatic carbocycles. The van der Waals surface area contributed by atoms with Crippen LogP contribution in [0.5, 0.6) is 0 Å². The summed E-state index contributed by atoms with van der Waals surface area (Å²) >= 11 is 6.05. The number of nitriles is 1. The molecular weight excluding hydrogens is 401 g/mol. The van der Waals surface area contributed by atoms with Crippen molar-refractivity contribution in [3.63, 3.8) is 0 Å². The lowest BCUT2D eigenvalue weighted by Gasteiger charge is -2.35. The van der Waals surface area contributed by atoms with Gasteiger partial charge in [-0.2, -0.15) is 18.4 Å². The molecule has 1 aliphatic rings. The molecule has 1 saturated carbocycles. The van der Waals surface area contributed by atoms with E-state index in [1.165, 1.54) is 18.2 Å². The van der Waals surface area contributed by atoms with Gasteiger partial charge in [0.05, 0.1) is 17.0 Å². The summed E-state index contributed by atoms with van der Waals surface area (Å²) in [6, 6.07) is 14.8. The largest absolute Gasteiger partial charge is 0.416 e. The number of hydrogen-bond acceptors (Lipinski definition) is 2. The quantitative estimate of drug-likeness (QED) is 0.697. The number of amides is 1. The van der Waals surface area contributed by atoms with Gasteiger partial charge < -0.3 is 5.32 Å². The van der Waals surface area contributed by atoms with Crippen LogP contribution in [-0.2, 0) is 22.9 Å². The Morgan fingerprint density at radius 2 is 1.86 bits per heavy atom. The molecule has 1 amide bonds. The monoisotopic (exact) mass is 420 g/mol. The zero-order valence-corrected chi connectivity index (χ0v) is 16.4. The number of carbonyl (C=O) groups excluding carboxylic acids is 1. The Bertz CT molecular complexity index is 928. The fraction of sp³-hybridized carbons (Fsp3) is 0.364. The van der Waals surface area contributed by atoms with Crippen molar-refractivity contribution in [1.82, 2.24) is 5.32 Å². The van der Waals surface area contributed by atoms with E-state index in [2.05, 4.69) is 11.4 Å². The second-order valence-electron chi connectivity index (χ2n) is 7.35. The predicted molar refractivity (Wildman–Crippen MR) is 104 cm³/mol. The van der Waals surface area contributed by atoms with Gasteiger partial charge in [-0.25, -0.2) is 0 Å². The van der Waals surface area contributed by atoms with Crippen molar-refractivity contribution in [3.05, 3.63) is 70.2 Å². The third-order valence-electron chi connectivity index (χ3n) is 5.58. The van der Waals surface area contributed by atoms with Crippen LogP contribution in [0.25, 0.3) is 0 Å². The lowest BCUT2D eigenvalue weighted by Crippen LogP contribution is -2.37. The van der Waals surface area contributed by atoms with E-state index in [0.29, 0.717) is 30.7 Å². The second kappa shape index (κ2) is 8.46. The number of hydrogen-bond donors (Lipinski definition) is 1. The number of alkyl halides is 3. The first-order valence-corrected chi connectivity index (χ1v) is 9.73. The highest BCUT2D eigenvalue weighted by atomic mass is 35.5. The molecule has 0 aliphatic heterocycles. The van der Waals surface area contributed by atoms with E-state index in [1.807, 2.05) is 6.07 Å². The summed E-state index contributed by atoms with van der Waals surface area (Å²) in [5.74, 6) is -0.603. The van der Waals surface area contributed by atoms with Gasteiger partial charge in [-0.15, -0.1) is 0 Å². The second-order valence-corrected chi connectivity index (χ2v) is 7.79. The molecule has 1 N–H and O–H groups in total. The molecule has 0 atom stereocenters. The van der Waals surface area contributed by atoms with Crippen LogP contribution in [0.4, 0.5) is 13.2 Å². The Morgan fingerprint density at radius 1 is 1.17 bits per heavy atom. The molecule has 1 aliphatic carbocycles. The molecule has 7 heteroatoms. The van der Waals surface area contributed by atoms with E-state index in [-0.39, 0.29) is 23.9 Å². The lowest BCUT2D eigenvalue weighted by atomic mass is 9.67. The molecule has 29 heavy (non-hydrogen) atoms. The highest BCUT2D eigenvalue weighted by molar-refractivity contribution is 6.30. The SMILES string of the molecule is N#CC1(c2cccc(Cl)c2)CCC(C(=O)NCc2ccccc2C(F)(F)F)CC1. The molecule has 152 valence electrons. The number of nitrogens with zero attached hydrogens (tertiary/aromatic N) is 1. The van der Waals surface area contributed by atoms with E-state index in [9.17, 15) is 23.2 Å². The van der Waals surface area contributed by atoms with Gasteiger partial charge >= 0.3 is 6.18 Å². The molecule has 0 heterocycles. The molecule has 1 fully saturated rings. The maximum Gasteiger partial charge on any atom is 0.416 e. The maximum atomic E-state index is 13.1. The minimum absolute atomic E-state index is 0.0365. The van der Waals surface area contributed by atoms with Gasteiger partial charge in [-0.3, -0.25) is 4.79 Å². The third kappa shape index (κ3) is 4.73. The van der Waals surface area contributed by atoms with Gasteiger partial charge in [0, 0.05) is 17.5 Å². The third-order valence-corrected chi connectivity index (χ3v) is 5.81. The Hall–Kier alpha value is -2.52. The minimum atomic E-state index is -4.46. The van der Waals surface area contributed by atoms with Crippen LogP contribution in [0.2, 0.25) is 5.02 Å². The van der Waals surface area contributed by atoms with Crippen LogP contribution in [0.1, 0.15) is 42.4 Å². The Kier molecular flexibility index (Phi) is 6.18. The first kappa shape index (κ1) is 21.2. The van der Waals surface area contributed by atoms with Crippen LogP contribution in [0, 0.1) is 17.2 Å². The smallest absolute Gasteiger partial charge is 0.352 e. The summed E-state index contributed by atoms with van der Waals surface area (Å²) < 4.78 is 39.3. The Morgan fingerprint density at radius 3 is 2.48 bits per heavy atom. The van der Waals surface area contributed by atoms with Crippen LogP contribution in [0.15, 0.2) is 48.5 Å². The number of halogens is 4. The topological polar surface area (TPSA) is 52.9 Å². The molecule has 0 unspecified atom stereocenters. The molecule has 0 aromatic heterocycles. The van der Waals surface area contributed by atoms with Crippen molar-refractivity contribution in [2.24, 2.45) is 5.92 Å². The molecule has 2 aromatic rings. The van der Waals surface area contributed by atoms with E-state index in [4.69, 9.17) is 11.6 Å². The van der Waals surface area contributed by atoms with Gasteiger partial charge in [-0.1, -0.05) is 41.9 Å². The van der Waals surface area contributed by atoms with Gasteiger partial charge in [0.2, 0.25) is 5.91 Å². The van der Waals surface area contributed by atoms with Crippen molar-refractivity contribution in [2.45, 2.75) is 43.8 Å². The van der Waals surface area contributed by atoms with Crippen molar-refractivity contribution in [1.29, 1.82) is 5.26 Å².